The van der Waals surface area contributed by atoms with Crippen LogP contribution in [-0.4, -0.2) is 24.5 Å². The summed E-state index contributed by atoms with van der Waals surface area (Å²) in [7, 11) is -4.03. The fourth-order valence-electron chi connectivity index (χ4n) is 2.65. The van der Waals surface area contributed by atoms with Crippen LogP contribution in [0.4, 0.5) is 10.8 Å². The fraction of sp³-hybridized carbons (Fsp3) is 0. The summed E-state index contributed by atoms with van der Waals surface area (Å²) in [6.45, 7) is 0. The lowest BCUT2D eigenvalue weighted by Gasteiger charge is -2.10. The fourth-order valence-corrected chi connectivity index (χ4v) is 6.11. The Morgan fingerprint density at radius 1 is 0.939 bits per heavy atom. The molecule has 1 aromatic heterocycles. The molecule has 0 fully saturated rings. The molecular formula is C21H14Cl2N4O3S3. The van der Waals surface area contributed by atoms with Crippen molar-refractivity contribution in [2.75, 3.05) is 10.0 Å². The van der Waals surface area contributed by atoms with Gasteiger partial charge in [-0.1, -0.05) is 76.6 Å². The Labute approximate surface area is 208 Å². The summed E-state index contributed by atoms with van der Waals surface area (Å²) in [6, 6.07) is 21.0. The number of halogens is 2. The van der Waals surface area contributed by atoms with Gasteiger partial charge in [-0.3, -0.25) is 14.8 Å². The van der Waals surface area contributed by atoms with Gasteiger partial charge in [0.05, 0.1) is 16.3 Å². The summed E-state index contributed by atoms with van der Waals surface area (Å²) in [5, 5.41) is 10.6. The van der Waals surface area contributed by atoms with Crippen LogP contribution >= 0.6 is 46.3 Å². The van der Waals surface area contributed by atoms with Gasteiger partial charge in [-0.05, 0) is 42.5 Å². The summed E-state index contributed by atoms with van der Waals surface area (Å²) in [4.78, 5) is 14.1. The first-order chi connectivity index (χ1) is 15.8. The normalized spacial score (nSPS) is 11.2. The number of anilines is 2. The summed E-state index contributed by atoms with van der Waals surface area (Å²) in [5.41, 5.74) is 0.575. The molecule has 0 unspecified atom stereocenters. The highest BCUT2D eigenvalue weighted by molar-refractivity contribution is 7.99. The quantitative estimate of drug-likeness (QED) is 0.279. The maximum atomic E-state index is 12.9. The molecule has 1 heterocycles. The molecule has 0 atom stereocenters. The second-order valence-corrected chi connectivity index (χ2v) is 11.3. The molecule has 3 aromatic carbocycles. The van der Waals surface area contributed by atoms with E-state index in [1.165, 1.54) is 30.0 Å². The van der Waals surface area contributed by atoms with Gasteiger partial charge in [0.15, 0.2) is 0 Å². The number of para-hydroxylation sites is 1. The van der Waals surface area contributed by atoms with Crippen molar-refractivity contribution in [2.24, 2.45) is 0 Å². The molecule has 0 aliphatic heterocycles. The van der Waals surface area contributed by atoms with Crippen molar-refractivity contribution in [1.29, 1.82) is 0 Å². The predicted molar refractivity (Wildman–Crippen MR) is 132 cm³/mol. The van der Waals surface area contributed by atoms with Gasteiger partial charge < -0.3 is 0 Å². The van der Waals surface area contributed by atoms with Crippen molar-refractivity contribution >= 4 is 73.0 Å². The highest BCUT2D eigenvalue weighted by Gasteiger charge is 2.23. The van der Waals surface area contributed by atoms with Crippen LogP contribution in [0, 0.1) is 0 Å². The number of amides is 1. The summed E-state index contributed by atoms with van der Waals surface area (Å²) in [6.07, 6.45) is 0. The third-order valence-corrected chi connectivity index (χ3v) is 8.34. The molecule has 33 heavy (non-hydrogen) atoms. The number of benzene rings is 3. The largest absolute Gasteiger partial charge is 0.296 e. The molecule has 0 spiro atoms. The second-order valence-electron chi connectivity index (χ2n) is 6.47. The van der Waals surface area contributed by atoms with Crippen LogP contribution in [0.15, 0.2) is 86.9 Å². The number of hydrogen-bond acceptors (Lipinski definition) is 7. The molecular weight excluding hydrogens is 523 g/mol. The number of carbonyl (C=O) groups excluding carboxylic acids is 1. The Morgan fingerprint density at radius 3 is 2.42 bits per heavy atom. The molecule has 4 rings (SSSR count). The summed E-state index contributed by atoms with van der Waals surface area (Å²) < 4.78 is 28.1. The van der Waals surface area contributed by atoms with Crippen LogP contribution in [0.1, 0.15) is 10.4 Å². The summed E-state index contributed by atoms with van der Waals surface area (Å²) in [5.74, 6) is -0.561. The first kappa shape index (κ1) is 23.5. The van der Waals surface area contributed by atoms with Gasteiger partial charge >= 0.3 is 0 Å². The Hall–Kier alpha value is -2.63. The van der Waals surface area contributed by atoms with E-state index in [-0.39, 0.29) is 20.1 Å². The standard InChI is InChI=1S/C21H14Cl2N4O3S3/c22-13-10-11-15(16(23)12-13)19(28)24-20-25-26-21(32-20)33(29,30)27-17-8-4-5-9-18(17)31-14-6-2-1-3-7-14/h1-12,27H,(H,24,25,28). The lowest BCUT2D eigenvalue weighted by Crippen LogP contribution is -2.13. The lowest BCUT2D eigenvalue weighted by molar-refractivity contribution is 0.102. The molecule has 0 aliphatic carbocycles. The van der Waals surface area contributed by atoms with Gasteiger partial charge in [-0.15, -0.1) is 10.2 Å². The van der Waals surface area contributed by atoms with Crippen LogP contribution < -0.4 is 10.0 Å². The topological polar surface area (TPSA) is 101 Å². The van der Waals surface area contributed by atoms with Gasteiger partial charge in [-0.2, -0.15) is 8.42 Å². The van der Waals surface area contributed by atoms with Crippen molar-refractivity contribution < 1.29 is 13.2 Å². The van der Waals surface area contributed by atoms with Crippen molar-refractivity contribution in [3.8, 4) is 0 Å². The monoisotopic (exact) mass is 536 g/mol. The minimum absolute atomic E-state index is 0.0123. The van der Waals surface area contributed by atoms with Crippen LogP contribution in [0.25, 0.3) is 0 Å². The van der Waals surface area contributed by atoms with Crippen LogP contribution in [0.2, 0.25) is 10.0 Å². The van der Waals surface area contributed by atoms with E-state index in [9.17, 15) is 13.2 Å². The zero-order chi connectivity index (χ0) is 23.4. The van der Waals surface area contributed by atoms with E-state index in [4.69, 9.17) is 23.2 Å². The maximum Gasteiger partial charge on any atom is 0.291 e. The first-order valence-corrected chi connectivity index (χ1v) is 13.1. The second kappa shape index (κ2) is 10.1. The van der Waals surface area contributed by atoms with Crippen molar-refractivity contribution in [2.45, 2.75) is 14.1 Å². The Balaban J connectivity index is 1.51. The van der Waals surface area contributed by atoms with Gasteiger partial charge in [0.25, 0.3) is 20.3 Å². The number of carbonyl (C=O) groups is 1. The van der Waals surface area contributed by atoms with E-state index < -0.39 is 15.9 Å². The van der Waals surface area contributed by atoms with Crippen LogP contribution in [0.5, 0.6) is 0 Å². The number of rotatable bonds is 7. The first-order valence-electron chi connectivity index (χ1n) is 9.26. The Bertz CT molecular complexity index is 1410. The zero-order valence-corrected chi connectivity index (χ0v) is 20.5. The third kappa shape index (κ3) is 5.84. The molecule has 1 amide bonds. The van der Waals surface area contributed by atoms with E-state index in [1.807, 2.05) is 42.5 Å². The highest BCUT2D eigenvalue weighted by Crippen LogP contribution is 2.34. The lowest BCUT2D eigenvalue weighted by atomic mass is 10.2. The average Bonchev–Trinajstić information content (AvgIpc) is 3.25. The van der Waals surface area contributed by atoms with Gasteiger partial charge in [0.1, 0.15) is 0 Å². The zero-order valence-electron chi connectivity index (χ0n) is 16.5. The molecule has 0 radical (unpaired) electrons. The molecule has 7 nitrogen and oxygen atoms in total. The number of aromatic nitrogens is 2. The minimum Gasteiger partial charge on any atom is -0.296 e. The predicted octanol–water partition coefficient (Wildman–Crippen LogP) is 6.05. The Morgan fingerprint density at radius 2 is 1.67 bits per heavy atom. The molecule has 0 bridgehead atoms. The number of nitrogens with one attached hydrogen (secondary N) is 2. The molecule has 168 valence electrons. The molecule has 0 aliphatic rings. The molecule has 4 aromatic rings. The number of sulfonamides is 1. The SMILES string of the molecule is O=C(Nc1nnc(S(=O)(=O)Nc2ccccc2Sc2ccccc2)s1)c1ccc(Cl)cc1Cl. The number of nitrogens with zero attached hydrogens (tertiary/aromatic N) is 2. The Kier molecular flexibility index (Phi) is 7.20. The van der Waals surface area contributed by atoms with E-state index in [0.717, 1.165) is 21.1 Å². The van der Waals surface area contributed by atoms with E-state index in [2.05, 4.69) is 20.2 Å². The van der Waals surface area contributed by atoms with E-state index >= 15 is 0 Å². The van der Waals surface area contributed by atoms with Crippen molar-refractivity contribution in [3.05, 3.63) is 88.4 Å². The average molecular weight is 537 g/mol. The van der Waals surface area contributed by atoms with Gasteiger partial charge in [0.2, 0.25) is 5.13 Å². The molecule has 12 heteroatoms. The maximum absolute atomic E-state index is 12.9. The van der Waals surface area contributed by atoms with E-state index in [0.29, 0.717) is 10.7 Å². The molecule has 2 N–H and O–H groups in total. The molecule has 0 saturated carbocycles. The minimum atomic E-state index is -4.03. The van der Waals surface area contributed by atoms with Gasteiger partial charge in [-0.25, -0.2) is 0 Å². The summed E-state index contributed by atoms with van der Waals surface area (Å²) >= 11 is 14.0. The van der Waals surface area contributed by atoms with Crippen molar-refractivity contribution in [1.82, 2.24) is 10.2 Å². The van der Waals surface area contributed by atoms with E-state index in [1.54, 1.807) is 12.1 Å². The third-order valence-electron chi connectivity index (χ3n) is 4.13. The van der Waals surface area contributed by atoms with Crippen LogP contribution in [0.3, 0.4) is 0 Å². The van der Waals surface area contributed by atoms with Crippen molar-refractivity contribution in [3.63, 3.8) is 0 Å². The molecule has 0 saturated heterocycles. The van der Waals surface area contributed by atoms with Gasteiger partial charge in [0, 0.05) is 14.8 Å². The van der Waals surface area contributed by atoms with Crippen LogP contribution in [-0.2, 0) is 10.0 Å². The number of hydrogen-bond donors (Lipinski definition) is 2. The highest BCUT2D eigenvalue weighted by atomic mass is 35.5. The smallest absolute Gasteiger partial charge is 0.291 e.